The molecule has 0 aliphatic carbocycles. The van der Waals surface area contributed by atoms with Crippen LogP contribution in [-0.2, 0) is 0 Å². The number of hydrogen-bond donors (Lipinski definition) is 1. The molecule has 6 nitrogen and oxygen atoms in total. The van der Waals surface area contributed by atoms with Gasteiger partial charge in [-0.15, -0.1) is 6.42 Å². The van der Waals surface area contributed by atoms with Crippen molar-refractivity contribution in [2.24, 2.45) is 0 Å². The Balaban J connectivity index is 3.16. The third-order valence-electron chi connectivity index (χ3n) is 2.09. The van der Waals surface area contributed by atoms with Crippen LogP contribution in [0.1, 0.15) is 20.8 Å². The molecule has 0 spiro atoms. The summed E-state index contributed by atoms with van der Waals surface area (Å²) in [5.41, 5.74) is -1.16. The predicted molar refractivity (Wildman–Crippen MR) is 68.6 cm³/mol. The number of pyridine rings is 1. The summed E-state index contributed by atoms with van der Waals surface area (Å²) in [5.74, 6) is 2.83. The maximum Gasteiger partial charge on any atom is 0.331 e. The minimum Gasteiger partial charge on any atom is -0.454 e. The van der Waals surface area contributed by atoms with E-state index in [0.29, 0.717) is 12.4 Å². The Bertz CT molecular complexity index is 492. The number of aromatic nitrogens is 1. The Hall–Kier alpha value is -2.29. The van der Waals surface area contributed by atoms with Gasteiger partial charge in [0.2, 0.25) is 0 Å². The molecule has 0 atom stereocenters. The van der Waals surface area contributed by atoms with Crippen LogP contribution in [0.2, 0.25) is 0 Å². The normalized spacial score (nSPS) is 10.6. The van der Waals surface area contributed by atoms with Crippen LogP contribution >= 0.6 is 0 Å². The number of nitrogens with one attached hydrogen (secondary N) is 1. The first kappa shape index (κ1) is 13.8. The van der Waals surface area contributed by atoms with Crippen molar-refractivity contribution in [3.05, 3.63) is 22.2 Å². The lowest BCUT2D eigenvalue weighted by Gasteiger charge is -2.19. The molecule has 0 aliphatic rings. The van der Waals surface area contributed by atoms with Crippen molar-refractivity contribution in [2.75, 3.05) is 11.9 Å². The van der Waals surface area contributed by atoms with E-state index in [0.717, 1.165) is 0 Å². The highest BCUT2D eigenvalue weighted by Crippen LogP contribution is 2.29. The van der Waals surface area contributed by atoms with Crippen LogP contribution in [0.4, 0.5) is 11.5 Å². The molecular formula is C12H15N3O3. The number of anilines is 1. The summed E-state index contributed by atoms with van der Waals surface area (Å²) in [6.45, 7) is 5.83. The lowest BCUT2D eigenvalue weighted by Crippen LogP contribution is -2.26. The Morgan fingerprint density at radius 1 is 1.61 bits per heavy atom. The second-order valence-electron chi connectivity index (χ2n) is 4.06. The fourth-order valence-corrected chi connectivity index (χ4v) is 1.20. The van der Waals surface area contributed by atoms with E-state index in [2.05, 4.69) is 16.2 Å². The van der Waals surface area contributed by atoms with Gasteiger partial charge < -0.3 is 10.1 Å². The number of nitro groups is 1. The van der Waals surface area contributed by atoms with E-state index in [1.54, 1.807) is 13.8 Å². The van der Waals surface area contributed by atoms with E-state index in [9.17, 15) is 10.1 Å². The van der Waals surface area contributed by atoms with Gasteiger partial charge in [-0.1, -0.05) is 5.92 Å². The zero-order chi connectivity index (χ0) is 13.8. The number of rotatable bonds is 5. The topological polar surface area (TPSA) is 77.3 Å². The third-order valence-corrected chi connectivity index (χ3v) is 2.09. The second kappa shape index (κ2) is 5.36. The SMILES string of the molecule is C#CC(C)(C)Oc1nc(NCC)ccc1[N+](=O)[O-]. The number of hydrogen-bond acceptors (Lipinski definition) is 5. The average Bonchev–Trinajstić information content (AvgIpc) is 2.29. The molecule has 0 radical (unpaired) electrons. The third kappa shape index (κ3) is 3.35. The summed E-state index contributed by atoms with van der Waals surface area (Å²) in [6, 6.07) is 2.87. The van der Waals surface area contributed by atoms with Crippen LogP contribution in [0.3, 0.4) is 0 Å². The molecule has 0 aliphatic heterocycles. The maximum atomic E-state index is 10.9. The van der Waals surface area contributed by atoms with Crippen LogP contribution in [0.5, 0.6) is 5.88 Å². The molecule has 18 heavy (non-hydrogen) atoms. The lowest BCUT2D eigenvalue weighted by molar-refractivity contribution is -0.386. The number of terminal acetylenes is 1. The smallest absolute Gasteiger partial charge is 0.331 e. The van der Waals surface area contributed by atoms with Gasteiger partial charge in [0.25, 0.3) is 5.88 Å². The molecular weight excluding hydrogens is 234 g/mol. The molecule has 0 unspecified atom stereocenters. The van der Waals surface area contributed by atoms with Crippen molar-refractivity contribution >= 4 is 11.5 Å². The summed E-state index contributed by atoms with van der Waals surface area (Å²) in [6.07, 6.45) is 5.29. The van der Waals surface area contributed by atoms with Crippen molar-refractivity contribution < 1.29 is 9.66 Å². The van der Waals surface area contributed by atoms with Gasteiger partial charge in [-0.2, -0.15) is 4.98 Å². The predicted octanol–water partition coefficient (Wildman–Crippen LogP) is 2.21. The summed E-state index contributed by atoms with van der Waals surface area (Å²) in [5, 5.41) is 13.8. The molecule has 1 rings (SSSR count). The molecule has 1 aromatic heterocycles. The number of ether oxygens (including phenoxy) is 1. The molecule has 6 heteroatoms. The first-order valence-electron chi connectivity index (χ1n) is 5.45. The Morgan fingerprint density at radius 2 is 2.28 bits per heavy atom. The van der Waals surface area contributed by atoms with Crippen molar-refractivity contribution in [3.8, 4) is 18.2 Å². The fourth-order valence-electron chi connectivity index (χ4n) is 1.20. The summed E-state index contributed by atoms with van der Waals surface area (Å²) in [7, 11) is 0. The minimum absolute atomic E-state index is 0.0820. The van der Waals surface area contributed by atoms with E-state index >= 15 is 0 Å². The molecule has 1 aromatic rings. The van der Waals surface area contributed by atoms with Crippen molar-refractivity contribution in [1.82, 2.24) is 4.98 Å². The average molecular weight is 249 g/mol. The van der Waals surface area contributed by atoms with Gasteiger partial charge in [0.05, 0.1) is 4.92 Å². The molecule has 0 amide bonds. The lowest BCUT2D eigenvalue weighted by atomic mass is 10.1. The second-order valence-corrected chi connectivity index (χ2v) is 4.06. The zero-order valence-electron chi connectivity index (χ0n) is 10.6. The largest absolute Gasteiger partial charge is 0.454 e. The van der Waals surface area contributed by atoms with E-state index in [1.807, 2.05) is 6.92 Å². The molecule has 0 saturated carbocycles. The first-order chi connectivity index (χ1) is 8.39. The van der Waals surface area contributed by atoms with Gasteiger partial charge in [-0.3, -0.25) is 10.1 Å². The molecule has 1 heterocycles. The molecule has 96 valence electrons. The Morgan fingerprint density at radius 3 is 2.78 bits per heavy atom. The maximum absolute atomic E-state index is 10.9. The first-order valence-corrected chi connectivity index (χ1v) is 5.45. The van der Waals surface area contributed by atoms with Crippen molar-refractivity contribution in [1.29, 1.82) is 0 Å². The molecule has 1 N–H and O–H groups in total. The summed E-state index contributed by atoms with van der Waals surface area (Å²) < 4.78 is 5.40. The zero-order valence-corrected chi connectivity index (χ0v) is 10.6. The van der Waals surface area contributed by atoms with Crippen LogP contribution < -0.4 is 10.1 Å². The van der Waals surface area contributed by atoms with Gasteiger partial charge >= 0.3 is 5.69 Å². The minimum atomic E-state index is -0.956. The quantitative estimate of drug-likeness (QED) is 0.492. The summed E-state index contributed by atoms with van der Waals surface area (Å²) >= 11 is 0. The molecule has 0 aromatic carbocycles. The monoisotopic (exact) mass is 249 g/mol. The Labute approximate surface area is 106 Å². The van der Waals surface area contributed by atoms with Crippen molar-refractivity contribution in [2.45, 2.75) is 26.4 Å². The van der Waals surface area contributed by atoms with Crippen LogP contribution in [0, 0.1) is 22.5 Å². The van der Waals surface area contributed by atoms with E-state index < -0.39 is 10.5 Å². The highest BCUT2D eigenvalue weighted by Gasteiger charge is 2.24. The fraction of sp³-hybridized carbons (Fsp3) is 0.417. The van der Waals surface area contributed by atoms with E-state index in [1.165, 1.54) is 12.1 Å². The van der Waals surface area contributed by atoms with Crippen molar-refractivity contribution in [3.63, 3.8) is 0 Å². The van der Waals surface area contributed by atoms with Gasteiger partial charge in [-0.05, 0) is 26.8 Å². The highest BCUT2D eigenvalue weighted by atomic mass is 16.6. The van der Waals surface area contributed by atoms with Gasteiger partial charge in [0.15, 0.2) is 5.60 Å². The molecule has 0 saturated heterocycles. The Kier molecular flexibility index (Phi) is 4.10. The van der Waals surface area contributed by atoms with Gasteiger partial charge in [-0.25, -0.2) is 0 Å². The number of nitrogens with zero attached hydrogens (tertiary/aromatic N) is 2. The highest BCUT2D eigenvalue weighted by molar-refractivity contribution is 5.49. The van der Waals surface area contributed by atoms with Gasteiger partial charge in [0.1, 0.15) is 5.82 Å². The summed E-state index contributed by atoms with van der Waals surface area (Å²) in [4.78, 5) is 14.4. The van der Waals surface area contributed by atoms with Crippen LogP contribution in [0.25, 0.3) is 0 Å². The molecule has 0 bridgehead atoms. The van der Waals surface area contributed by atoms with E-state index in [-0.39, 0.29) is 11.6 Å². The van der Waals surface area contributed by atoms with Gasteiger partial charge in [0, 0.05) is 12.6 Å². The standard InChI is InChI=1S/C12H15N3O3/c1-5-12(3,4)18-11-9(15(16)17)7-8-10(14-11)13-6-2/h1,7-8H,6H2,2-4H3,(H,13,14). The van der Waals surface area contributed by atoms with E-state index in [4.69, 9.17) is 11.2 Å². The van der Waals surface area contributed by atoms with Crippen LogP contribution in [-0.4, -0.2) is 22.1 Å². The van der Waals surface area contributed by atoms with Crippen LogP contribution in [0.15, 0.2) is 12.1 Å². The molecule has 0 fully saturated rings.